The standard InChI is InChI=1S/C17H21NO2/c1-14(19)11-18-12-15-7-9-17(10-8-15)20-13-16-5-3-2-4-6-16/h2-10,14,18-19H,11-13H2,1H3/p+1/t14-/m0/s1. The summed E-state index contributed by atoms with van der Waals surface area (Å²) in [7, 11) is 0. The van der Waals surface area contributed by atoms with Crippen LogP contribution in [0.25, 0.3) is 0 Å². The number of nitrogens with two attached hydrogens (primary N) is 1. The molecule has 2 aromatic carbocycles. The molecule has 2 aromatic rings. The molecule has 1 atom stereocenters. The van der Waals surface area contributed by atoms with Crippen LogP contribution in [0.3, 0.4) is 0 Å². The summed E-state index contributed by atoms with van der Waals surface area (Å²) in [5, 5.41) is 11.3. The average Bonchev–Trinajstić information content (AvgIpc) is 2.47. The van der Waals surface area contributed by atoms with Crippen molar-refractivity contribution in [3.8, 4) is 5.75 Å². The van der Waals surface area contributed by atoms with E-state index < -0.39 is 0 Å². The third-order valence-electron chi connectivity index (χ3n) is 3.06. The largest absolute Gasteiger partial charge is 0.489 e. The van der Waals surface area contributed by atoms with Crippen LogP contribution in [0, 0.1) is 0 Å². The van der Waals surface area contributed by atoms with Gasteiger partial charge >= 0.3 is 0 Å². The van der Waals surface area contributed by atoms with E-state index in [9.17, 15) is 5.11 Å². The Morgan fingerprint density at radius 3 is 2.35 bits per heavy atom. The van der Waals surface area contributed by atoms with Gasteiger partial charge in [-0.25, -0.2) is 0 Å². The number of benzene rings is 2. The Morgan fingerprint density at radius 2 is 1.70 bits per heavy atom. The van der Waals surface area contributed by atoms with Crippen molar-refractivity contribution in [1.82, 2.24) is 0 Å². The Hall–Kier alpha value is -1.84. The number of aliphatic hydroxyl groups excluding tert-OH is 1. The zero-order valence-electron chi connectivity index (χ0n) is 11.8. The van der Waals surface area contributed by atoms with E-state index in [2.05, 4.69) is 29.6 Å². The monoisotopic (exact) mass is 272 g/mol. The molecule has 20 heavy (non-hydrogen) atoms. The number of quaternary nitrogens is 1. The molecule has 0 aliphatic carbocycles. The molecule has 106 valence electrons. The molecular formula is C17H22NO2+. The number of aliphatic hydroxyl groups is 1. The summed E-state index contributed by atoms with van der Waals surface area (Å²) in [6.07, 6.45) is -0.261. The zero-order chi connectivity index (χ0) is 14.2. The summed E-state index contributed by atoms with van der Waals surface area (Å²) >= 11 is 0. The maximum absolute atomic E-state index is 9.20. The van der Waals surface area contributed by atoms with Crippen LogP contribution in [-0.4, -0.2) is 17.8 Å². The Morgan fingerprint density at radius 1 is 1.00 bits per heavy atom. The van der Waals surface area contributed by atoms with Gasteiger partial charge in [0, 0.05) is 5.56 Å². The molecule has 3 nitrogen and oxygen atoms in total. The highest BCUT2D eigenvalue weighted by Gasteiger charge is 2.00. The molecule has 3 N–H and O–H groups in total. The van der Waals surface area contributed by atoms with E-state index >= 15 is 0 Å². The van der Waals surface area contributed by atoms with Crippen LogP contribution in [-0.2, 0) is 13.2 Å². The third kappa shape index (κ3) is 5.03. The lowest BCUT2D eigenvalue weighted by atomic mass is 10.2. The van der Waals surface area contributed by atoms with Gasteiger partial charge in [-0.05, 0) is 36.8 Å². The number of hydrogen-bond acceptors (Lipinski definition) is 2. The summed E-state index contributed by atoms with van der Waals surface area (Å²) < 4.78 is 5.74. The van der Waals surface area contributed by atoms with E-state index in [1.165, 1.54) is 11.1 Å². The van der Waals surface area contributed by atoms with Gasteiger partial charge in [-0.2, -0.15) is 0 Å². The molecule has 0 amide bonds. The molecular weight excluding hydrogens is 250 g/mol. The molecule has 0 aliphatic rings. The third-order valence-corrected chi connectivity index (χ3v) is 3.06. The lowest BCUT2D eigenvalue weighted by molar-refractivity contribution is -0.676. The molecule has 0 bridgehead atoms. The Kier molecular flexibility index (Phi) is 5.59. The van der Waals surface area contributed by atoms with Gasteiger partial charge in [0.25, 0.3) is 0 Å². The van der Waals surface area contributed by atoms with E-state index in [0.29, 0.717) is 6.61 Å². The van der Waals surface area contributed by atoms with Crippen LogP contribution in [0.15, 0.2) is 54.6 Å². The summed E-state index contributed by atoms with van der Waals surface area (Å²) in [5.41, 5.74) is 2.40. The quantitative estimate of drug-likeness (QED) is 0.806. The van der Waals surface area contributed by atoms with Gasteiger partial charge in [-0.3, -0.25) is 0 Å². The fourth-order valence-corrected chi connectivity index (χ4v) is 1.95. The number of hydrogen-bond donors (Lipinski definition) is 2. The van der Waals surface area contributed by atoms with Crippen LogP contribution in [0.2, 0.25) is 0 Å². The maximum Gasteiger partial charge on any atom is 0.119 e. The van der Waals surface area contributed by atoms with Crippen molar-refractivity contribution in [2.75, 3.05) is 6.54 Å². The van der Waals surface area contributed by atoms with Gasteiger partial charge < -0.3 is 15.2 Å². The zero-order valence-corrected chi connectivity index (χ0v) is 11.8. The van der Waals surface area contributed by atoms with Crippen LogP contribution in [0.1, 0.15) is 18.1 Å². The Bertz CT molecular complexity index is 494. The van der Waals surface area contributed by atoms with E-state index in [-0.39, 0.29) is 6.10 Å². The summed E-state index contributed by atoms with van der Waals surface area (Å²) in [6.45, 7) is 4.00. The average molecular weight is 272 g/mol. The molecule has 0 heterocycles. The van der Waals surface area contributed by atoms with E-state index in [4.69, 9.17) is 4.74 Å². The Labute approximate surface area is 120 Å². The van der Waals surface area contributed by atoms with Crippen molar-refractivity contribution in [2.45, 2.75) is 26.2 Å². The molecule has 0 fully saturated rings. The molecule has 3 heteroatoms. The molecule has 0 aliphatic heterocycles. The van der Waals surface area contributed by atoms with Crippen LogP contribution in [0.4, 0.5) is 0 Å². The second kappa shape index (κ2) is 7.68. The van der Waals surface area contributed by atoms with Crippen molar-refractivity contribution in [1.29, 1.82) is 0 Å². The van der Waals surface area contributed by atoms with Gasteiger partial charge in [0.1, 0.15) is 25.4 Å². The number of ether oxygens (including phenoxy) is 1. The molecule has 0 saturated heterocycles. The van der Waals surface area contributed by atoms with Gasteiger partial charge in [0.15, 0.2) is 0 Å². The van der Waals surface area contributed by atoms with Crippen molar-refractivity contribution in [3.05, 3.63) is 65.7 Å². The van der Waals surface area contributed by atoms with Crippen LogP contribution in [0.5, 0.6) is 5.75 Å². The molecule has 0 radical (unpaired) electrons. The van der Waals surface area contributed by atoms with E-state index in [1.54, 1.807) is 6.92 Å². The van der Waals surface area contributed by atoms with Gasteiger partial charge in [0.05, 0.1) is 6.10 Å². The SMILES string of the molecule is C[C@H](O)C[NH2+]Cc1ccc(OCc2ccccc2)cc1. The highest BCUT2D eigenvalue weighted by molar-refractivity contribution is 5.27. The highest BCUT2D eigenvalue weighted by atomic mass is 16.5. The molecule has 0 spiro atoms. The number of rotatable bonds is 7. The summed E-state index contributed by atoms with van der Waals surface area (Å²) in [5.74, 6) is 0.883. The topological polar surface area (TPSA) is 46.1 Å². The first-order valence-electron chi connectivity index (χ1n) is 6.99. The van der Waals surface area contributed by atoms with Gasteiger partial charge in [-0.15, -0.1) is 0 Å². The molecule has 2 rings (SSSR count). The van der Waals surface area contributed by atoms with Gasteiger partial charge in [0.2, 0.25) is 0 Å². The first kappa shape index (κ1) is 14.6. The van der Waals surface area contributed by atoms with Crippen molar-refractivity contribution in [2.24, 2.45) is 0 Å². The predicted octanol–water partition coefficient (Wildman–Crippen LogP) is 1.71. The second-order valence-electron chi connectivity index (χ2n) is 5.00. The van der Waals surface area contributed by atoms with Crippen molar-refractivity contribution < 1.29 is 15.2 Å². The van der Waals surface area contributed by atoms with Crippen LogP contribution < -0.4 is 10.1 Å². The summed E-state index contributed by atoms with van der Waals surface area (Å²) in [4.78, 5) is 0. The Balaban J connectivity index is 1.79. The normalized spacial score (nSPS) is 12.1. The first-order valence-corrected chi connectivity index (χ1v) is 6.99. The van der Waals surface area contributed by atoms with Crippen molar-refractivity contribution >= 4 is 0 Å². The second-order valence-corrected chi connectivity index (χ2v) is 5.00. The van der Waals surface area contributed by atoms with E-state index in [1.807, 2.05) is 30.3 Å². The van der Waals surface area contributed by atoms with E-state index in [0.717, 1.165) is 18.8 Å². The van der Waals surface area contributed by atoms with Crippen molar-refractivity contribution in [3.63, 3.8) is 0 Å². The van der Waals surface area contributed by atoms with Gasteiger partial charge in [-0.1, -0.05) is 30.3 Å². The smallest absolute Gasteiger partial charge is 0.119 e. The first-order chi connectivity index (χ1) is 9.74. The lowest BCUT2D eigenvalue weighted by Crippen LogP contribution is -2.84. The summed E-state index contributed by atoms with van der Waals surface area (Å²) in [6, 6.07) is 18.3. The fourth-order valence-electron chi connectivity index (χ4n) is 1.95. The minimum Gasteiger partial charge on any atom is -0.489 e. The van der Waals surface area contributed by atoms with Crippen LogP contribution >= 0.6 is 0 Å². The molecule has 0 aromatic heterocycles. The minimum absolute atomic E-state index is 0.261. The molecule has 0 unspecified atom stereocenters. The predicted molar refractivity (Wildman–Crippen MR) is 79.4 cm³/mol. The lowest BCUT2D eigenvalue weighted by Gasteiger charge is -2.07. The minimum atomic E-state index is -0.261. The fraction of sp³-hybridized carbons (Fsp3) is 0.294. The molecule has 0 saturated carbocycles. The highest BCUT2D eigenvalue weighted by Crippen LogP contribution is 2.13. The maximum atomic E-state index is 9.20.